The molecule has 2 heteroatoms. The maximum atomic E-state index is 2.49. The van der Waals surface area contributed by atoms with E-state index in [-0.39, 0.29) is 0 Å². The summed E-state index contributed by atoms with van der Waals surface area (Å²) in [5, 5.41) is 4.96. The number of anilines is 3. The van der Waals surface area contributed by atoms with Crippen LogP contribution in [0, 0.1) is 0 Å². The molecule has 0 amide bonds. The van der Waals surface area contributed by atoms with E-state index in [1.54, 1.807) is 0 Å². The number of aromatic nitrogens is 1. The van der Waals surface area contributed by atoms with E-state index in [1.807, 2.05) is 0 Å². The number of hydrogen-bond acceptors (Lipinski definition) is 1. The van der Waals surface area contributed by atoms with Gasteiger partial charge in [-0.25, -0.2) is 0 Å². The van der Waals surface area contributed by atoms with Crippen molar-refractivity contribution in [3.63, 3.8) is 0 Å². The molecule has 0 atom stereocenters. The highest BCUT2D eigenvalue weighted by atomic mass is 15.1. The molecule has 2 aliphatic rings. The normalized spacial score (nSPS) is 12.9. The van der Waals surface area contributed by atoms with Crippen LogP contribution < -0.4 is 4.90 Å². The van der Waals surface area contributed by atoms with Gasteiger partial charge in [0.2, 0.25) is 0 Å². The lowest BCUT2D eigenvalue weighted by Gasteiger charge is -2.32. The third-order valence-corrected chi connectivity index (χ3v) is 14.6. The van der Waals surface area contributed by atoms with Crippen molar-refractivity contribution in [3.8, 4) is 50.2 Å². The van der Waals surface area contributed by atoms with Crippen molar-refractivity contribution in [2.75, 3.05) is 4.90 Å². The first-order valence-corrected chi connectivity index (χ1v) is 23.3. The Morgan fingerprint density at radius 2 is 0.791 bits per heavy atom. The molecule has 0 aliphatic heterocycles. The van der Waals surface area contributed by atoms with Gasteiger partial charge in [-0.1, -0.05) is 200 Å². The van der Waals surface area contributed by atoms with Gasteiger partial charge in [0.05, 0.1) is 22.1 Å². The average molecular weight is 851 g/mol. The van der Waals surface area contributed by atoms with Crippen LogP contribution in [0.3, 0.4) is 0 Å². The molecule has 0 fully saturated rings. The van der Waals surface area contributed by atoms with Crippen LogP contribution >= 0.6 is 0 Å². The Balaban J connectivity index is 0.968. The van der Waals surface area contributed by atoms with Crippen LogP contribution in [-0.4, -0.2) is 4.57 Å². The first kappa shape index (κ1) is 37.6. The third-order valence-electron chi connectivity index (χ3n) is 14.6. The fourth-order valence-corrected chi connectivity index (χ4v) is 11.7. The summed E-state index contributed by atoms with van der Waals surface area (Å²) in [7, 11) is 0. The Hall–Kier alpha value is -8.72. The maximum Gasteiger partial charge on any atom is 0.0726 e. The molecule has 14 rings (SSSR count). The molecule has 1 spiro atoms. The largest absolute Gasteiger partial charge is 0.310 e. The number of nitrogens with zero attached hydrogens (tertiary/aromatic N) is 2. The van der Waals surface area contributed by atoms with E-state index in [9.17, 15) is 0 Å². The Morgan fingerprint density at radius 1 is 0.284 bits per heavy atom. The molecule has 0 saturated carbocycles. The molecule has 67 heavy (non-hydrogen) atoms. The third kappa shape index (κ3) is 5.51. The summed E-state index contributed by atoms with van der Waals surface area (Å²) < 4.78 is 2.46. The SMILES string of the molecule is c1ccc(-c2ccc(N(c3cccc(-c4ccc5c6ccccc6n(-c6cccc7ccccc67)c5c4)c3)c3ccc4c(c3)C3(c5ccccc5-c5ccccc53)c3ccccc3-4)cc2)cc1. The van der Waals surface area contributed by atoms with E-state index < -0.39 is 5.41 Å². The van der Waals surface area contributed by atoms with Crippen molar-refractivity contribution in [1.82, 2.24) is 4.57 Å². The fraction of sp³-hybridized carbons (Fsp3) is 0.0154. The molecular weight excluding hydrogens is 809 g/mol. The molecule has 0 bridgehead atoms. The van der Waals surface area contributed by atoms with Crippen molar-refractivity contribution >= 4 is 49.6 Å². The molecule has 2 aliphatic carbocycles. The monoisotopic (exact) mass is 850 g/mol. The molecule has 0 saturated heterocycles. The van der Waals surface area contributed by atoms with Crippen LogP contribution in [0.15, 0.2) is 255 Å². The molecule has 1 heterocycles. The van der Waals surface area contributed by atoms with E-state index >= 15 is 0 Å². The van der Waals surface area contributed by atoms with Gasteiger partial charge in [0.25, 0.3) is 0 Å². The molecule has 0 N–H and O–H groups in total. The van der Waals surface area contributed by atoms with Gasteiger partial charge in [0.15, 0.2) is 0 Å². The van der Waals surface area contributed by atoms with Crippen LogP contribution in [0.5, 0.6) is 0 Å². The highest BCUT2D eigenvalue weighted by Crippen LogP contribution is 2.63. The molecule has 11 aromatic carbocycles. The van der Waals surface area contributed by atoms with Crippen molar-refractivity contribution in [3.05, 3.63) is 277 Å². The minimum absolute atomic E-state index is 0.447. The number of hydrogen-bond donors (Lipinski definition) is 0. The first-order valence-electron chi connectivity index (χ1n) is 23.3. The van der Waals surface area contributed by atoms with Crippen molar-refractivity contribution in [2.45, 2.75) is 5.41 Å². The average Bonchev–Trinajstić information content (AvgIpc) is 4.00. The Kier molecular flexibility index (Phi) is 8.23. The number of fused-ring (bicyclic) bond motifs is 14. The zero-order valence-electron chi connectivity index (χ0n) is 36.6. The van der Waals surface area contributed by atoms with Crippen LogP contribution in [0.25, 0.3) is 82.8 Å². The number of rotatable bonds is 6. The predicted octanol–water partition coefficient (Wildman–Crippen LogP) is 17.1. The lowest BCUT2D eigenvalue weighted by atomic mass is 9.70. The van der Waals surface area contributed by atoms with Gasteiger partial charge in [-0.2, -0.15) is 0 Å². The minimum atomic E-state index is -0.447. The van der Waals surface area contributed by atoms with E-state index in [0.717, 1.165) is 22.6 Å². The number of para-hydroxylation sites is 1. The first-order chi connectivity index (χ1) is 33.2. The van der Waals surface area contributed by atoms with E-state index in [1.165, 1.54) is 99.5 Å². The van der Waals surface area contributed by atoms with Gasteiger partial charge in [0, 0.05) is 33.2 Å². The molecule has 0 radical (unpaired) electrons. The van der Waals surface area contributed by atoms with Gasteiger partial charge >= 0.3 is 0 Å². The van der Waals surface area contributed by atoms with E-state index in [2.05, 4.69) is 264 Å². The van der Waals surface area contributed by atoms with Gasteiger partial charge in [-0.3, -0.25) is 0 Å². The summed E-state index contributed by atoms with van der Waals surface area (Å²) in [4.78, 5) is 2.45. The highest BCUT2D eigenvalue weighted by Gasteiger charge is 2.51. The Labute approximate surface area is 389 Å². The zero-order chi connectivity index (χ0) is 44.1. The summed E-state index contributed by atoms with van der Waals surface area (Å²) in [5.41, 5.74) is 21.7. The smallest absolute Gasteiger partial charge is 0.0726 e. The standard InChI is InChI=1S/C65H42N2/c1-2-16-43(17-3-1)44-32-35-48(36-33-44)66(50-37-39-55-54-25-8-12-29-60(54)65(61(55)42-50)58-27-10-6-23-52(58)53-24-7-11-28-59(53)65)49-21-14-20-46(40-49)47-34-38-57-56-26-9-13-30-63(56)67(64(57)41-47)62-31-15-19-45-18-4-5-22-51(45)62/h1-42H. The van der Waals surface area contributed by atoms with Crippen LogP contribution in [-0.2, 0) is 5.41 Å². The second-order valence-electron chi connectivity index (χ2n) is 18.0. The summed E-state index contributed by atoms with van der Waals surface area (Å²) in [6.45, 7) is 0. The molecule has 2 nitrogen and oxygen atoms in total. The second-order valence-corrected chi connectivity index (χ2v) is 18.0. The summed E-state index contributed by atoms with van der Waals surface area (Å²) in [5.74, 6) is 0. The van der Waals surface area contributed by atoms with Crippen molar-refractivity contribution in [2.24, 2.45) is 0 Å². The minimum Gasteiger partial charge on any atom is -0.310 e. The van der Waals surface area contributed by atoms with E-state index in [0.29, 0.717) is 0 Å². The van der Waals surface area contributed by atoms with Gasteiger partial charge in [-0.05, 0) is 127 Å². The zero-order valence-corrected chi connectivity index (χ0v) is 36.6. The molecule has 0 unspecified atom stereocenters. The Bertz CT molecular complexity index is 3860. The van der Waals surface area contributed by atoms with Crippen LogP contribution in [0.1, 0.15) is 22.3 Å². The van der Waals surface area contributed by atoms with Gasteiger partial charge in [0.1, 0.15) is 0 Å². The number of benzene rings is 11. The van der Waals surface area contributed by atoms with Crippen molar-refractivity contribution < 1.29 is 0 Å². The lowest BCUT2D eigenvalue weighted by Crippen LogP contribution is -2.26. The molecule has 312 valence electrons. The predicted molar refractivity (Wildman–Crippen MR) is 280 cm³/mol. The maximum absolute atomic E-state index is 2.49. The summed E-state index contributed by atoms with van der Waals surface area (Å²) in [6, 6.07) is 94.3. The van der Waals surface area contributed by atoms with Crippen molar-refractivity contribution in [1.29, 1.82) is 0 Å². The summed E-state index contributed by atoms with van der Waals surface area (Å²) in [6.07, 6.45) is 0. The Morgan fingerprint density at radius 3 is 1.54 bits per heavy atom. The topological polar surface area (TPSA) is 8.17 Å². The van der Waals surface area contributed by atoms with E-state index in [4.69, 9.17) is 0 Å². The fourth-order valence-electron chi connectivity index (χ4n) is 11.7. The molecule has 12 aromatic rings. The summed E-state index contributed by atoms with van der Waals surface area (Å²) >= 11 is 0. The molecular formula is C65H42N2. The van der Waals surface area contributed by atoms with Gasteiger partial charge < -0.3 is 9.47 Å². The van der Waals surface area contributed by atoms with Crippen LogP contribution in [0.4, 0.5) is 17.1 Å². The highest BCUT2D eigenvalue weighted by molar-refractivity contribution is 6.11. The lowest BCUT2D eigenvalue weighted by molar-refractivity contribution is 0.793. The second kappa shape index (κ2) is 14.7. The quantitative estimate of drug-likeness (QED) is 0.162. The van der Waals surface area contributed by atoms with Crippen LogP contribution in [0.2, 0.25) is 0 Å². The van der Waals surface area contributed by atoms with Gasteiger partial charge in [-0.15, -0.1) is 0 Å². The molecule has 1 aromatic heterocycles.